The quantitative estimate of drug-likeness (QED) is 0.546. The molecule has 0 aromatic rings. The van der Waals surface area contributed by atoms with Gasteiger partial charge >= 0.3 is 5.97 Å². The van der Waals surface area contributed by atoms with Crippen LogP contribution < -0.4 is 0 Å². The van der Waals surface area contributed by atoms with Crippen LogP contribution in [0.1, 0.15) is 65.7 Å². The molecule has 0 bridgehead atoms. The maximum absolute atomic E-state index is 12.5. The molecule has 4 heteroatoms. The Bertz CT molecular complexity index is 629. The number of hydrogen-bond donors (Lipinski definition) is 0. The van der Waals surface area contributed by atoms with Crippen LogP contribution >= 0.6 is 0 Å². The molecule has 0 unspecified atom stereocenters. The van der Waals surface area contributed by atoms with Gasteiger partial charge in [-0.3, -0.25) is 9.59 Å². The summed E-state index contributed by atoms with van der Waals surface area (Å²) in [5.74, 6) is 2.03. The number of epoxide rings is 1. The monoisotopic (exact) mass is 332 g/mol. The summed E-state index contributed by atoms with van der Waals surface area (Å²) in [5.41, 5.74) is 0.0109. The first-order chi connectivity index (χ1) is 11.3. The van der Waals surface area contributed by atoms with Gasteiger partial charge in [0.25, 0.3) is 0 Å². The lowest BCUT2D eigenvalue weighted by molar-refractivity contribution is -0.154. The number of esters is 1. The minimum absolute atomic E-state index is 0.0114. The van der Waals surface area contributed by atoms with Crippen LogP contribution in [0.5, 0.6) is 0 Å². The summed E-state index contributed by atoms with van der Waals surface area (Å²) in [5, 5.41) is 0. The van der Waals surface area contributed by atoms with Crippen LogP contribution in [0.25, 0.3) is 0 Å². The second kappa shape index (κ2) is 4.44. The molecule has 8 atom stereocenters. The Morgan fingerprint density at radius 2 is 1.96 bits per heavy atom. The summed E-state index contributed by atoms with van der Waals surface area (Å²) in [7, 11) is 0. The van der Waals surface area contributed by atoms with Gasteiger partial charge < -0.3 is 9.47 Å². The Kier molecular flexibility index (Phi) is 2.84. The summed E-state index contributed by atoms with van der Waals surface area (Å²) >= 11 is 0. The molecular weight excluding hydrogens is 304 g/mol. The molecule has 4 nitrogen and oxygen atoms in total. The topological polar surface area (TPSA) is 55.9 Å². The number of Topliss-reactive ketones (excluding diaryl/α,β-unsaturated/α-hetero) is 1. The number of rotatable bonds is 1. The molecule has 5 aliphatic rings. The lowest BCUT2D eigenvalue weighted by atomic mass is 9.55. The van der Waals surface area contributed by atoms with Gasteiger partial charge in [-0.05, 0) is 49.9 Å². The van der Waals surface area contributed by atoms with Crippen LogP contribution in [0, 0.1) is 28.6 Å². The minimum Gasteiger partial charge on any atom is -0.462 e. The SMILES string of the molecule is CC(=O)O[C@H]1CC[C@]2(C)[C@H]3CC[C@]4(C)C(=O)CC[C@H]4[C@@H]3[C@@H]3O[C@@]32C1. The number of hydrogen-bond acceptors (Lipinski definition) is 4. The summed E-state index contributed by atoms with van der Waals surface area (Å²) in [6, 6.07) is 0. The van der Waals surface area contributed by atoms with E-state index in [-0.39, 0.29) is 28.5 Å². The zero-order valence-electron chi connectivity index (χ0n) is 15.0. The Morgan fingerprint density at radius 3 is 2.71 bits per heavy atom. The zero-order valence-corrected chi connectivity index (χ0v) is 15.0. The summed E-state index contributed by atoms with van der Waals surface area (Å²) in [6.07, 6.45) is 7.24. The van der Waals surface area contributed by atoms with E-state index in [1.165, 1.54) is 13.3 Å². The molecule has 0 aromatic carbocycles. The number of carbonyl (C=O) groups is 2. The zero-order chi connectivity index (χ0) is 16.9. The van der Waals surface area contributed by atoms with Crippen LogP contribution in [-0.4, -0.2) is 29.6 Å². The fourth-order valence-electron chi connectivity index (χ4n) is 7.52. The van der Waals surface area contributed by atoms with Crippen molar-refractivity contribution in [2.45, 2.75) is 83.5 Å². The van der Waals surface area contributed by atoms with Crippen molar-refractivity contribution >= 4 is 11.8 Å². The summed E-state index contributed by atoms with van der Waals surface area (Å²) in [4.78, 5) is 23.9. The van der Waals surface area contributed by atoms with Crippen molar-refractivity contribution in [3.63, 3.8) is 0 Å². The van der Waals surface area contributed by atoms with E-state index in [4.69, 9.17) is 9.47 Å². The fourth-order valence-corrected chi connectivity index (χ4v) is 7.52. The van der Waals surface area contributed by atoms with Crippen molar-refractivity contribution in [3.8, 4) is 0 Å². The molecule has 5 fully saturated rings. The lowest BCUT2D eigenvalue weighted by Gasteiger charge is -2.51. The molecule has 0 amide bonds. The molecule has 1 heterocycles. The molecule has 1 saturated heterocycles. The summed E-state index contributed by atoms with van der Waals surface area (Å²) < 4.78 is 12.0. The van der Waals surface area contributed by atoms with Crippen LogP contribution in [0.15, 0.2) is 0 Å². The number of ether oxygens (including phenoxy) is 2. The Labute approximate surface area is 143 Å². The molecular formula is C20H28O4. The molecule has 5 rings (SSSR count). The van der Waals surface area contributed by atoms with Crippen molar-refractivity contribution in [2.24, 2.45) is 28.6 Å². The minimum atomic E-state index is -0.179. The number of fused-ring (bicyclic) bond motifs is 5. The number of ketones is 1. The standard InChI is InChI=1S/C20H28O4/c1-11(21)23-12-6-9-19(3)14-7-8-18(2)13(4-5-15(18)22)16(14)17-20(19,10-12)24-17/h12-14,16-17H,4-10H2,1-3H3/t12-,13-,14-,16-,17-,18-,19+,20-/m0/s1. The molecule has 1 spiro atoms. The third-order valence-corrected chi connectivity index (χ3v) is 8.77. The van der Waals surface area contributed by atoms with Gasteiger partial charge in [-0.15, -0.1) is 0 Å². The number of carbonyl (C=O) groups excluding carboxylic acids is 2. The van der Waals surface area contributed by atoms with Gasteiger partial charge in [0.1, 0.15) is 17.5 Å². The van der Waals surface area contributed by atoms with Gasteiger partial charge in [-0.25, -0.2) is 0 Å². The molecule has 1 aliphatic heterocycles. The van der Waals surface area contributed by atoms with Crippen LogP contribution in [0.4, 0.5) is 0 Å². The highest BCUT2D eigenvalue weighted by Crippen LogP contribution is 2.77. The largest absolute Gasteiger partial charge is 0.462 e. The molecule has 132 valence electrons. The van der Waals surface area contributed by atoms with Gasteiger partial charge in [-0.1, -0.05) is 13.8 Å². The highest BCUT2D eigenvalue weighted by atomic mass is 16.6. The first-order valence-corrected chi connectivity index (χ1v) is 9.70. The van der Waals surface area contributed by atoms with E-state index in [2.05, 4.69) is 13.8 Å². The highest BCUT2D eigenvalue weighted by molar-refractivity contribution is 5.87. The normalized spacial score (nSPS) is 57.6. The van der Waals surface area contributed by atoms with E-state index in [0.29, 0.717) is 29.6 Å². The van der Waals surface area contributed by atoms with Gasteiger partial charge in [0, 0.05) is 30.6 Å². The van der Waals surface area contributed by atoms with Gasteiger partial charge in [-0.2, -0.15) is 0 Å². The van der Waals surface area contributed by atoms with Crippen LogP contribution in [-0.2, 0) is 19.1 Å². The van der Waals surface area contributed by atoms with Crippen LogP contribution in [0.3, 0.4) is 0 Å². The molecule has 4 saturated carbocycles. The third kappa shape index (κ3) is 1.60. The van der Waals surface area contributed by atoms with Crippen LogP contribution in [0.2, 0.25) is 0 Å². The molecule has 0 radical (unpaired) electrons. The van der Waals surface area contributed by atoms with E-state index < -0.39 is 0 Å². The van der Waals surface area contributed by atoms with E-state index in [1.807, 2.05) is 0 Å². The molecule has 4 aliphatic carbocycles. The fraction of sp³-hybridized carbons (Fsp3) is 0.900. The average molecular weight is 332 g/mol. The first kappa shape index (κ1) is 15.4. The Balaban J connectivity index is 1.48. The average Bonchev–Trinajstić information content (AvgIpc) is 3.08. The second-order valence-corrected chi connectivity index (χ2v) is 9.53. The van der Waals surface area contributed by atoms with Crippen molar-refractivity contribution in [3.05, 3.63) is 0 Å². The molecule has 0 N–H and O–H groups in total. The second-order valence-electron chi connectivity index (χ2n) is 9.53. The Morgan fingerprint density at radius 1 is 1.17 bits per heavy atom. The van der Waals surface area contributed by atoms with E-state index in [1.54, 1.807) is 0 Å². The lowest BCUT2D eigenvalue weighted by Crippen LogP contribution is -2.49. The molecule has 0 aromatic heterocycles. The highest BCUT2D eigenvalue weighted by Gasteiger charge is 2.82. The van der Waals surface area contributed by atoms with Crippen molar-refractivity contribution in [1.82, 2.24) is 0 Å². The van der Waals surface area contributed by atoms with Gasteiger partial charge in [0.2, 0.25) is 0 Å². The third-order valence-electron chi connectivity index (χ3n) is 8.77. The predicted molar refractivity (Wildman–Crippen MR) is 87.2 cm³/mol. The summed E-state index contributed by atoms with van der Waals surface area (Å²) in [6.45, 7) is 6.13. The van der Waals surface area contributed by atoms with E-state index >= 15 is 0 Å². The maximum atomic E-state index is 12.5. The first-order valence-electron chi connectivity index (χ1n) is 9.70. The van der Waals surface area contributed by atoms with Crippen molar-refractivity contribution in [1.29, 1.82) is 0 Å². The van der Waals surface area contributed by atoms with Crippen molar-refractivity contribution in [2.75, 3.05) is 0 Å². The smallest absolute Gasteiger partial charge is 0.302 e. The maximum Gasteiger partial charge on any atom is 0.302 e. The predicted octanol–water partition coefficient (Wildman–Crippen LogP) is 3.27. The van der Waals surface area contributed by atoms with E-state index in [0.717, 1.165) is 38.5 Å². The van der Waals surface area contributed by atoms with Crippen molar-refractivity contribution < 1.29 is 19.1 Å². The van der Waals surface area contributed by atoms with Gasteiger partial charge in [0.15, 0.2) is 0 Å². The van der Waals surface area contributed by atoms with Gasteiger partial charge in [0.05, 0.1) is 6.10 Å². The molecule has 24 heavy (non-hydrogen) atoms. The van der Waals surface area contributed by atoms with E-state index in [9.17, 15) is 9.59 Å². The Hall–Kier alpha value is -0.900.